The Morgan fingerprint density at radius 3 is 2.38 bits per heavy atom. The van der Waals surface area contributed by atoms with Gasteiger partial charge in [-0.15, -0.1) is 0 Å². The van der Waals surface area contributed by atoms with Crippen LogP contribution in [0.5, 0.6) is 5.75 Å². The molecule has 0 aromatic heterocycles. The number of benzene rings is 1. The van der Waals surface area contributed by atoms with Gasteiger partial charge in [-0.25, -0.2) is 0 Å². The Hall–Kier alpha value is -1.29. The van der Waals surface area contributed by atoms with Crippen molar-refractivity contribution < 1.29 is 32.9 Å². The third-order valence-corrected chi connectivity index (χ3v) is 14.3. The molecule has 220 valence electrons. The summed E-state index contributed by atoms with van der Waals surface area (Å²) < 4.78 is 39.0. The van der Waals surface area contributed by atoms with Gasteiger partial charge in [0.15, 0.2) is 19.9 Å². The summed E-state index contributed by atoms with van der Waals surface area (Å²) in [6.07, 6.45) is 8.15. The molecule has 3 aliphatic heterocycles. The summed E-state index contributed by atoms with van der Waals surface area (Å²) in [7, 11) is -0.263. The summed E-state index contributed by atoms with van der Waals surface area (Å²) in [5, 5.41) is 0. The summed E-state index contributed by atoms with van der Waals surface area (Å²) in [5.41, 5.74) is 0.588. The zero-order valence-corrected chi connectivity index (χ0v) is 25.8. The molecular weight excluding hydrogens is 512 g/mol. The molecule has 3 fully saturated rings. The van der Waals surface area contributed by atoms with E-state index in [4.69, 9.17) is 28.1 Å². The fourth-order valence-corrected chi connectivity index (χ4v) is 9.89. The predicted octanol–water partition coefficient (Wildman–Crippen LogP) is 6.92. The predicted molar refractivity (Wildman–Crippen MR) is 153 cm³/mol. The molecule has 2 spiro atoms. The first kappa shape index (κ1) is 30.7. The highest BCUT2D eigenvalue weighted by Gasteiger charge is 2.65. The zero-order valence-electron chi connectivity index (χ0n) is 24.8. The molecule has 0 bridgehead atoms. The Morgan fingerprint density at radius 2 is 1.72 bits per heavy atom. The maximum absolute atomic E-state index is 11.2. The maximum Gasteiger partial charge on any atom is 0.199 e. The molecule has 0 unspecified atom stereocenters. The van der Waals surface area contributed by atoms with Crippen LogP contribution in [0.3, 0.4) is 0 Å². The average Bonchev–Trinajstić information content (AvgIpc) is 3.30. The van der Waals surface area contributed by atoms with Crippen LogP contribution in [0.25, 0.3) is 0 Å². The van der Waals surface area contributed by atoms with Crippen LogP contribution in [0.2, 0.25) is 18.1 Å². The molecule has 5 atom stereocenters. The molecule has 0 N–H and O–H groups in total. The van der Waals surface area contributed by atoms with Crippen molar-refractivity contribution in [3.05, 3.63) is 29.8 Å². The lowest BCUT2D eigenvalue weighted by Gasteiger charge is -2.55. The minimum atomic E-state index is -1.94. The number of hydrogen-bond donors (Lipinski definition) is 0. The van der Waals surface area contributed by atoms with E-state index < -0.39 is 25.5 Å². The third-order valence-electron chi connectivity index (χ3n) is 9.50. The van der Waals surface area contributed by atoms with Crippen LogP contribution in [0.15, 0.2) is 24.3 Å². The summed E-state index contributed by atoms with van der Waals surface area (Å²) >= 11 is 0. The largest absolute Gasteiger partial charge is 0.497 e. The van der Waals surface area contributed by atoms with E-state index in [2.05, 4.69) is 27.7 Å². The molecule has 4 rings (SSSR count). The van der Waals surface area contributed by atoms with Gasteiger partial charge in [0.2, 0.25) is 0 Å². The molecule has 3 saturated heterocycles. The van der Waals surface area contributed by atoms with E-state index in [1.54, 1.807) is 7.11 Å². The van der Waals surface area contributed by atoms with Crippen molar-refractivity contribution in [3.63, 3.8) is 0 Å². The SMILES string of the molecule is CC[Si](CC)(CC)O[C@@]1(C)CC[C@H](CCOCc2ccc(OC)cc2)O[C@]12CC[C@]1(CCC[C@@H](CC=O)O1)O2. The molecule has 0 radical (unpaired) electrons. The number of aldehydes is 1. The third kappa shape index (κ3) is 6.79. The van der Waals surface area contributed by atoms with Crippen LogP contribution >= 0.6 is 0 Å². The van der Waals surface area contributed by atoms with E-state index in [0.717, 1.165) is 87.1 Å². The van der Waals surface area contributed by atoms with Gasteiger partial charge in [0.05, 0.1) is 25.9 Å². The topological polar surface area (TPSA) is 72.5 Å². The van der Waals surface area contributed by atoms with Crippen LogP contribution in [-0.2, 0) is 34.8 Å². The lowest BCUT2D eigenvalue weighted by atomic mass is 9.83. The number of carbonyl (C=O) groups excluding carboxylic acids is 1. The summed E-state index contributed by atoms with van der Waals surface area (Å²) in [5.74, 6) is -0.703. The molecule has 3 heterocycles. The van der Waals surface area contributed by atoms with Crippen LogP contribution in [-0.4, -0.2) is 57.7 Å². The molecule has 1 aromatic rings. The van der Waals surface area contributed by atoms with Gasteiger partial charge in [0, 0.05) is 32.3 Å². The van der Waals surface area contributed by atoms with Crippen molar-refractivity contribution in [2.45, 2.75) is 140 Å². The number of hydrogen-bond acceptors (Lipinski definition) is 7. The molecule has 39 heavy (non-hydrogen) atoms. The van der Waals surface area contributed by atoms with Gasteiger partial charge in [-0.2, -0.15) is 0 Å². The Morgan fingerprint density at radius 1 is 0.974 bits per heavy atom. The van der Waals surface area contributed by atoms with Gasteiger partial charge in [-0.05, 0) is 74.9 Å². The van der Waals surface area contributed by atoms with Gasteiger partial charge in [-0.1, -0.05) is 32.9 Å². The van der Waals surface area contributed by atoms with E-state index in [1.165, 1.54) is 0 Å². The van der Waals surface area contributed by atoms with Crippen LogP contribution in [0, 0.1) is 0 Å². The Balaban J connectivity index is 1.46. The molecule has 0 aliphatic carbocycles. The first-order valence-electron chi connectivity index (χ1n) is 15.2. The van der Waals surface area contributed by atoms with Gasteiger partial charge in [0.1, 0.15) is 17.6 Å². The van der Waals surface area contributed by atoms with E-state index in [9.17, 15) is 4.79 Å². The second kappa shape index (κ2) is 13.1. The quantitative estimate of drug-likeness (QED) is 0.147. The Bertz CT molecular complexity index is 914. The standard InChI is InChI=1S/C31H50O7Si/c1-6-39(7-2,8-3)38-29(4)19-15-28(17-23-34-24-25-11-13-26(33-5)14-12-25)36-31(29)21-20-30(37-31)18-9-10-27(35-30)16-22-32/h11-14,22,27-28H,6-10,15-21,23-24H2,1-5H3/t27-,28+,29-,30-,31-/m0/s1. The van der Waals surface area contributed by atoms with Crippen molar-refractivity contribution >= 4 is 14.6 Å². The lowest BCUT2D eigenvalue weighted by Crippen LogP contribution is -2.65. The normalized spacial score (nSPS) is 33.1. The number of ether oxygens (including phenoxy) is 5. The second-order valence-corrected chi connectivity index (χ2v) is 16.5. The van der Waals surface area contributed by atoms with Gasteiger partial charge in [0.25, 0.3) is 0 Å². The first-order chi connectivity index (χ1) is 18.8. The average molecular weight is 563 g/mol. The highest BCUT2D eigenvalue weighted by Crippen LogP contribution is 2.56. The van der Waals surface area contributed by atoms with E-state index in [0.29, 0.717) is 19.6 Å². The fraction of sp³-hybridized carbons (Fsp3) is 0.774. The first-order valence-corrected chi connectivity index (χ1v) is 17.7. The highest BCUT2D eigenvalue weighted by atomic mass is 28.4. The minimum Gasteiger partial charge on any atom is -0.497 e. The Kier molecular flexibility index (Phi) is 10.3. The molecule has 3 aliphatic rings. The van der Waals surface area contributed by atoms with Crippen LogP contribution in [0.4, 0.5) is 0 Å². The number of carbonyl (C=O) groups is 1. The van der Waals surface area contributed by atoms with Crippen LogP contribution < -0.4 is 4.74 Å². The lowest BCUT2D eigenvalue weighted by molar-refractivity contribution is -0.398. The Labute approximate surface area is 236 Å². The van der Waals surface area contributed by atoms with Crippen molar-refractivity contribution in [2.24, 2.45) is 0 Å². The van der Waals surface area contributed by atoms with Crippen molar-refractivity contribution in [1.82, 2.24) is 0 Å². The van der Waals surface area contributed by atoms with E-state index in [-0.39, 0.29) is 12.2 Å². The van der Waals surface area contributed by atoms with Gasteiger partial charge >= 0.3 is 0 Å². The summed E-state index contributed by atoms with van der Waals surface area (Å²) in [6, 6.07) is 11.2. The van der Waals surface area contributed by atoms with E-state index >= 15 is 0 Å². The molecule has 1 aromatic carbocycles. The zero-order chi connectivity index (χ0) is 28.0. The van der Waals surface area contributed by atoms with Gasteiger partial charge in [-0.3, -0.25) is 0 Å². The van der Waals surface area contributed by atoms with Gasteiger partial charge < -0.3 is 32.9 Å². The van der Waals surface area contributed by atoms with Crippen LogP contribution in [0.1, 0.15) is 91.0 Å². The molecule has 0 saturated carbocycles. The fourth-order valence-electron chi connectivity index (χ4n) is 6.75. The highest BCUT2D eigenvalue weighted by molar-refractivity contribution is 6.73. The monoisotopic (exact) mass is 562 g/mol. The molecule has 0 amide bonds. The number of methoxy groups -OCH3 is 1. The number of rotatable bonds is 13. The maximum atomic E-state index is 11.2. The van der Waals surface area contributed by atoms with Crippen molar-refractivity contribution in [3.8, 4) is 5.75 Å². The van der Waals surface area contributed by atoms with Crippen molar-refractivity contribution in [2.75, 3.05) is 13.7 Å². The molecule has 8 heteroatoms. The van der Waals surface area contributed by atoms with E-state index in [1.807, 2.05) is 24.3 Å². The van der Waals surface area contributed by atoms with Crippen molar-refractivity contribution in [1.29, 1.82) is 0 Å². The molecule has 7 nitrogen and oxygen atoms in total. The second-order valence-electron chi connectivity index (χ2n) is 11.8. The summed E-state index contributed by atoms with van der Waals surface area (Å²) in [6.45, 7) is 10.2. The minimum absolute atomic E-state index is 0.0306. The molecular formula is C31H50O7Si. The summed E-state index contributed by atoms with van der Waals surface area (Å²) in [4.78, 5) is 11.2. The smallest absolute Gasteiger partial charge is 0.199 e.